The lowest BCUT2D eigenvalue weighted by molar-refractivity contribution is 0.866. The lowest BCUT2D eigenvalue weighted by Gasteiger charge is -2.10. The smallest absolute Gasteiger partial charge is 0.149 e. The monoisotopic (exact) mass is 367 g/mol. The molecule has 4 heteroatoms. The molecule has 0 N–H and O–H groups in total. The Kier molecular flexibility index (Phi) is 6.26. The molecule has 0 amide bonds. The molecule has 3 rings (SSSR count). The van der Waals surface area contributed by atoms with Crippen molar-refractivity contribution in [1.29, 1.82) is 0 Å². The highest BCUT2D eigenvalue weighted by Crippen LogP contribution is 2.32. The third-order valence-electron chi connectivity index (χ3n) is 3.88. The average molecular weight is 368 g/mol. The summed E-state index contributed by atoms with van der Waals surface area (Å²) in [6.07, 6.45) is 1.38. The molecule has 0 fully saturated rings. The Labute approximate surface area is 157 Å². The second-order valence-electron chi connectivity index (χ2n) is 5.76. The minimum Gasteiger partial charge on any atom is -0.149 e. The molecule has 2 nitrogen and oxygen atoms in total. The van der Waals surface area contributed by atoms with Crippen LogP contribution < -0.4 is 0 Å². The van der Waals surface area contributed by atoms with Gasteiger partial charge in [0, 0.05) is 16.2 Å². The Bertz CT molecular complexity index is 821. The number of hydrogen-bond donors (Lipinski definition) is 0. The van der Waals surface area contributed by atoms with E-state index in [4.69, 9.17) is 11.6 Å². The quantitative estimate of drug-likeness (QED) is 0.278. The van der Waals surface area contributed by atoms with Crippen LogP contribution in [0.15, 0.2) is 93.8 Å². The molecule has 0 radical (unpaired) electrons. The molecule has 0 bridgehead atoms. The van der Waals surface area contributed by atoms with E-state index in [0.29, 0.717) is 6.42 Å². The zero-order valence-corrected chi connectivity index (χ0v) is 15.2. The van der Waals surface area contributed by atoms with Gasteiger partial charge in [0.1, 0.15) is 0 Å². The van der Waals surface area contributed by atoms with E-state index in [2.05, 4.69) is 53.7 Å². The number of nitroso groups, excluding NO2 is 1. The maximum atomic E-state index is 10.6. The summed E-state index contributed by atoms with van der Waals surface area (Å²) >= 11 is 7.56. The SMILES string of the molecule is O=NC(Cl)Cc1ccccc1Sc1ccc(Cc2ccccc2)cc1. The molecule has 0 saturated heterocycles. The number of nitrogens with zero attached hydrogens (tertiary/aromatic N) is 1. The van der Waals surface area contributed by atoms with Crippen molar-refractivity contribution in [2.24, 2.45) is 5.18 Å². The van der Waals surface area contributed by atoms with E-state index in [-0.39, 0.29) is 0 Å². The molecule has 1 unspecified atom stereocenters. The van der Waals surface area contributed by atoms with Gasteiger partial charge < -0.3 is 0 Å². The van der Waals surface area contributed by atoms with E-state index in [9.17, 15) is 4.91 Å². The van der Waals surface area contributed by atoms with Crippen molar-refractivity contribution in [2.45, 2.75) is 28.1 Å². The molecule has 126 valence electrons. The molecule has 3 aromatic carbocycles. The van der Waals surface area contributed by atoms with E-state index in [1.165, 1.54) is 11.1 Å². The van der Waals surface area contributed by atoms with Crippen molar-refractivity contribution in [2.75, 3.05) is 0 Å². The Balaban J connectivity index is 1.70. The van der Waals surface area contributed by atoms with E-state index >= 15 is 0 Å². The van der Waals surface area contributed by atoms with Gasteiger partial charge >= 0.3 is 0 Å². The first-order valence-corrected chi connectivity index (χ1v) is 9.35. The molecule has 1 atom stereocenters. The fourth-order valence-electron chi connectivity index (χ4n) is 2.62. The lowest BCUT2D eigenvalue weighted by atomic mass is 10.1. The first-order valence-electron chi connectivity index (χ1n) is 8.10. The van der Waals surface area contributed by atoms with Crippen LogP contribution in [0, 0.1) is 4.91 Å². The molecule has 3 aromatic rings. The van der Waals surface area contributed by atoms with Gasteiger partial charge in [0.2, 0.25) is 0 Å². The van der Waals surface area contributed by atoms with Crippen LogP contribution in [0.3, 0.4) is 0 Å². The number of alkyl halides is 1. The molecule has 0 aliphatic carbocycles. The highest BCUT2D eigenvalue weighted by atomic mass is 35.5. The molecule has 0 heterocycles. The van der Waals surface area contributed by atoms with Crippen molar-refractivity contribution < 1.29 is 0 Å². The topological polar surface area (TPSA) is 29.4 Å². The van der Waals surface area contributed by atoms with Crippen LogP contribution in [-0.4, -0.2) is 5.50 Å². The van der Waals surface area contributed by atoms with Crippen LogP contribution in [0.4, 0.5) is 0 Å². The summed E-state index contributed by atoms with van der Waals surface area (Å²) in [5.41, 5.74) is 2.91. The van der Waals surface area contributed by atoms with Gasteiger partial charge in [0.05, 0.1) is 0 Å². The zero-order valence-electron chi connectivity index (χ0n) is 13.6. The van der Waals surface area contributed by atoms with Crippen LogP contribution in [0.5, 0.6) is 0 Å². The Morgan fingerprint density at radius 2 is 1.48 bits per heavy atom. The maximum absolute atomic E-state index is 10.6. The predicted octanol–water partition coefficient (Wildman–Crippen LogP) is 6.30. The molecule has 0 saturated carbocycles. The van der Waals surface area contributed by atoms with Gasteiger partial charge in [-0.2, -0.15) is 0 Å². The highest BCUT2D eigenvalue weighted by Gasteiger charge is 2.10. The number of halogens is 1. The second-order valence-corrected chi connectivity index (χ2v) is 7.38. The normalized spacial score (nSPS) is 11.9. The fraction of sp³-hybridized carbons (Fsp3) is 0.143. The Morgan fingerprint density at radius 3 is 2.20 bits per heavy atom. The van der Waals surface area contributed by atoms with E-state index in [1.54, 1.807) is 11.8 Å². The Hall–Kier alpha value is -2.10. The second kappa shape index (κ2) is 8.84. The largest absolute Gasteiger partial charge is 0.169 e. The summed E-state index contributed by atoms with van der Waals surface area (Å²) < 4.78 is 0. The van der Waals surface area contributed by atoms with Gasteiger partial charge in [-0.3, -0.25) is 0 Å². The maximum Gasteiger partial charge on any atom is 0.169 e. The van der Waals surface area contributed by atoms with Crippen LogP contribution in [-0.2, 0) is 12.8 Å². The minimum atomic E-state index is -0.727. The van der Waals surface area contributed by atoms with E-state index < -0.39 is 5.50 Å². The summed E-state index contributed by atoms with van der Waals surface area (Å²) in [6, 6.07) is 27.0. The van der Waals surface area contributed by atoms with Gasteiger partial charge in [-0.15, -0.1) is 4.91 Å². The predicted molar refractivity (Wildman–Crippen MR) is 105 cm³/mol. The summed E-state index contributed by atoms with van der Waals surface area (Å²) in [7, 11) is 0. The molecular formula is C21H18ClNOS. The van der Waals surface area contributed by atoms with Crippen LogP contribution in [0.25, 0.3) is 0 Å². The summed E-state index contributed by atoms with van der Waals surface area (Å²) in [6.45, 7) is 0. The van der Waals surface area contributed by atoms with Crippen molar-refractivity contribution in [3.63, 3.8) is 0 Å². The Morgan fingerprint density at radius 1 is 0.840 bits per heavy atom. The first kappa shape index (κ1) is 17.7. The van der Waals surface area contributed by atoms with Gasteiger partial charge in [0.15, 0.2) is 5.50 Å². The number of benzene rings is 3. The van der Waals surface area contributed by atoms with Gasteiger partial charge in [0.25, 0.3) is 0 Å². The van der Waals surface area contributed by atoms with Crippen molar-refractivity contribution in [1.82, 2.24) is 0 Å². The standard InChI is InChI=1S/C21H18ClNOS/c22-21(23-24)15-18-8-4-5-9-20(18)25-19-12-10-17(11-13-19)14-16-6-2-1-3-7-16/h1-13,21H,14-15H2. The van der Waals surface area contributed by atoms with Gasteiger partial charge in [-0.1, -0.05) is 84.0 Å². The van der Waals surface area contributed by atoms with E-state index in [0.717, 1.165) is 21.8 Å². The summed E-state index contributed by atoms with van der Waals surface area (Å²) in [4.78, 5) is 12.8. The van der Waals surface area contributed by atoms with Gasteiger partial charge in [-0.25, -0.2) is 0 Å². The zero-order chi connectivity index (χ0) is 17.5. The summed E-state index contributed by atoms with van der Waals surface area (Å²) in [5, 5.41) is 2.89. The van der Waals surface area contributed by atoms with Crippen LogP contribution in [0.2, 0.25) is 0 Å². The van der Waals surface area contributed by atoms with Crippen LogP contribution in [0.1, 0.15) is 16.7 Å². The highest BCUT2D eigenvalue weighted by molar-refractivity contribution is 7.99. The summed E-state index contributed by atoms with van der Waals surface area (Å²) in [5.74, 6) is 0. The average Bonchev–Trinajstić information content (AvgIpc) is 2.65. The molecule has 0 aliphatic rings. The van der Waals surface area contributed by atoms with Crippen molar-refractivity contribution in [3.05, 3.63) is 100 Å². The third kappa shape index (κ3) is 5.18. The van der Waals surface area contributed by atoms with Crippen molar-refractivity contribution >= 4 is 23.4 Å². The van der Waals surface area contributed by atoms with Crippen LogP contribution >= 0.6 is 23.4 Å². The number of hydrogen-bond acceptors (Lipinski definition) is 3. The lowest BCUT2D eigenvalue weighted by Crippen LogP contribution is -1.99. The molecular weight excluding hydrogens is 350 g/mol. The molecule has 0 aliphatic heterocycles. The molecule has 0 spiro atoms. The first-order chi connectivity index (χ1) is 12.2. The number of rotatable bonds is 7. The van der Waals surface area contributed by atoms with Gasteiger partial charge in [-0.05, 0) is 46.5 Å². The third-order valence-corrected chi connectivity index (χ3v) is 5.24. The fourth-order valence-corrected chi connectivity index (χ4v) is 3.75. The molecule has 0 aromatic heterocycles. The van der Waals surface area contributed by atoms with Crippen molar-refractivity contribution in [3.8, 4) is 0 Å². The minimum absolute atomic E-state index is 0.445. The molecule has 25 heavy (non-hydrogen) atoms. The van der Waals surface area contributed by atoms with E-state index in [1.807, 2.05) is 30.3 Å².